The van der Waals surface area contributed by atoms with Gasteiger partial charge in [-0.25, -0.2) is 0 Å². The number of rotatable bonds is 5. The lowest BCUT2D eigenvalue weighted by molar-refractivity contribution is 0.114. The zero-order valence-electron chi connectivity index (χ0n) is 11.9. The maximum absolute atomic E-state index is 9.22. The predicted octanol–water partition coefficient (Wildman–Crippen LogP) is 1.75. The van der Waals surface area contributed by atoms with E-state index >= 15 is 0 Å². The SMILES string of the molecule is CC1CC(C)CC(CN)(NC(C)C(C)CO)C1. The van der Waals surface area contributed by atoms with Gasteiger partial charge in [0, 0.05) is 24.7 Å². The van der Waals surface area contributed by atoms with Gasteiger partial charge in [-0.2, -0.15) is 0 Å². The zero-order chi connectivity index (χ0) is 13.1. The van der Waals surface area contributed by atoms with E-state index in [0.29, 0.717) is 12.6 Å². The quantitative estimate of drug-likeness (QED) is 0.688. The molecule has 1 rings (SSSR count). The van der Waals surface area contributed by atoms with E-state index in [-0.39, 0.29) is 18.1 Å². The Morgan fingerprint density at radius 3 is 2.24 bits per heavy atom. The second-order valence-electron chi connectivity index (χ2n) is 6.43. The van der Waals surface area contributed by atoms with Gasteiger partial charge in [-0.1, -0.05) is 20.8 Å². The van der Waals surface area contributed by atoms with Gasteiger partial charge in [0.2, 0.25) is 0 Å². The molecule has 0 aliphatic heterocycles. The molecule has 0 amide bonds. The molecule has 4 N–H and O–H groups in total. The maximum atomic E-state index is 9.22. The van der Waals surface area contributed by atoms with Crippen LogP contribution in [-0.2, 0) is 0 Å². The zero-order valence-corrected chi connectivity index (χ0v) is 11.9. The van der Waals surface area contributed by atoms with Crippen LogP contribution in [0.25, 0.3) is 0 Å². The monoisotopic (exact) mass is 242 g/mol. The fraction of sp³-hybridized carbons (Fsp3) is 1.00. The van der Waals surface area contributed by atoms with Crippen molar-refractivity contribution in [3.63, 3.8) is 0 Å². The summed E-state index contributed by atoms with van der Waals surface area (Å²) in [5.74, 6) is 1.77. The predicted molar refractivity (Wildman–Crippen MR) is 72.8 cm³/mol. The first-order valence-corrected chi connectivity index (χ1v) is 7.01. The minimum Gasteiger partial charge on any atom is -0.396 e. The summed E-state index contributed by atoms with van der Waals surface area (Å²) in [5, 5.41) is 12.9. The Bertz CT molecular complexity index is 222. The van der Waals surface area contributed by atoms with Crippen molar-refractivity contribution in [2.24, 2.45) is 23.5 Å². The summed E-state index contributed by atoms with van der Waals surface area (Å²) >= 11 is 0. The molecule has 17 heavy (non-hydrogen) atoms. The van der Waals surface area contributed by atoms with Crippen molar-refractivity contribution in [1.29, 1.82) is 0 Å². The lowest BCUT2D eigenvalue weighted by Gasteiger charge is -2.45. The molecule has 0 radical (unpaired) electrons. The number of nitrogens with one attached hydrogen (secondary N) is 1. The molecule has 4 unspecified atom stereocenters. The van der Waals surface area contributed by atoms with Crippen LogP contribution in [0.15, 0.2) is 0 Å². The average Bonchev–Trinajstić information content (AvgIpc) is 2.26. The van der Waals surface area contributed by atoms with Crippen LogP contribution in [0.5, 0.6) is 0 Å². The van der Waals surface area contributed by atoms with Gasteiger partial charge < -0.3 is 16.2 Å². The molecule has 102 valence electrons. The fourth-order valence-corrected chi connectivity index (χ4v) is 3.40. The molecular weight excluding hydrogens is 212 g/mol. The molecule has 3 nitrogen and oxygen atoms in total. The minimum absolute atomic E-state index is 0.0833. The first-order chi connectivity index (χ1) is 7.92. The first kappa shape index (κ1) is 14.9. The molecular formula is C14H30N2O. The Morgan fingerprint density at radius 2 is 1.82 bits per heavy atom. The van der Waals surface area contributed by atoms with E-state index in [4.69, 9.17) is 5.73 Å². The van der Waals surface area contributed by atoms with E-state index in [1.54, 1.807) is 0 Å². The van der Waals surface area contributed by atoms with Crippen LogP contribution in [0.3, 0.4) is 0 Å². The van der Waals surface area contributed by atoms with Crippen LogP contribution < -0.4 is 11.1 Å². The normalized spacial score (nSPS) is 37.8. The Kier molecular flexibility index (Phi) is 5.42. The van der Waals surface area contributed by atoms with Gasteiger partial charge >= 0.3 is 0 Å². The second-order valence-corrected chi connectivity index (χ2v) is 6.43. The van der Waals surface area contributed by atoms with Gasteiger partial charge in [-0.15, -0.1) is 0 Å². The Morgan fingerprint density at radius 1 is 1.29 bits per heavy atom. The fourth-order valence-electron chi connectivity index (χ4n) is 3.40. The van der Waals surface area contributed by atoms with Crippen molar-refractivity contribution < 1.29 is 5.11 Å². The van der Waals surface area contributed by atoms with Gasteiger partial charge in [-0.3, -0.25) is 0 Å². The number of nitrogens with two attached hydrogens (primary N) is 1. The van der Waals surface area contributed by atoms with E-state index in [1.165, 1.54) is 6.42 Å². The molecule has 0 aromatic heterocycles. The molecule has 1 aliphatic carbocycles. The first-order valence-electron chi connectivity index (χ1n) is 7.01. The van der Waals surface area contributed by atoms with E-state index < -0.39 is 0 Å². The molecule has 4 atom stereocenters. The van der Waals surface area contributed by atoms with Crippen LogP contribution in [0.1, 0.15) is 47.0 Å². The van der Waals surface area contributed by atoms with Gasteiger partial charge in [0.1, 0.15) is 0 Å². The van der Waals surface area contributed by atoms with E-state index in [9.17, 15) is 5.11 Å². The Labute approximate surface area is 106 Å². The number of aliphatic hydroxyl groups is 1. The number of aliphatic hydroxyl groups excluding tert-OH is 1. The van der Waals surface area contributed by atoms with Crippen LogP contribution in [-0.4, -0.2) is 29.8 Å². The van der Waals surface area contributed by atoms with Crippen LogP contribution in [0.2, 0.25) is 0 Å². The summed E-state index contributed by atoms with van der Waals surface area (Å²) in [5.41, 5.74) is 6.11. The molecule has 0 aromatic rings. The van der Waals surface area contributed by atoms with Crippen molar-refractivity contribution in [2.75, 3.05) is 13.2 Å². The number of hydrogen-bond donors (Lipinski definition) is 3. The highest BCUT2D eigenvalue weighted by Gasteiger charge is 2.38. The molecule has 1 aliphatic rings. The lowest BCUT2D eigenvalue weighted by Crippen LogP contribution is -2.59. The molecule has 1 fully saturated rings. The smallest absolute Gasteiger partial charge is 0.0471 e. The topological polar surface area (TPSA) is 58.3 Å². The second kappa shape index (κ2) is 6.17. The van der Waals surface area contributed by atoms with Crippen LogP contribution in [0, 0.1) is 17.8 Å². The van der Waals surface area contributed by atoms with E-state index in [2.05, 4.69) is 33.0 Å². The minimum atomic E-state index is 0.0833. The number of hydrogen-bond acceptors (Lipinski definition) is 3. The highest BCUT2D eigenvalue weighted by molar-refractivity contribution is 4.97. The largest absolute Gasteiger partial charge is 0.396 e. The third kappa shape index (κ3) is 3.94. The summed E-state index contributed by atoms with van der Waals surface area (Å²) < 4.78 is 0. The van der Waals surface area contributed by atoms with E-state index in [1.807, 2.05) is 0 Å². The van der Waals surface area contributed by atoms with Crippen LogP contribution in [0.4, 0.5) is 0 Å². The Hall–Kier alpha value is -0.120. The van der Waals surface area contributed by atoms with Crippen LogP contribution >= 0.6 is 0 Å². The van der Waals surface area contributed by atoms with Crippen molar-refractivity contribution in [3.05, 3.63) is 0 Å². The van der Waals surface area contributed by atoms with Gasteiger partial charge in [0.15, 0.2) is 0 Å². The summed E-state index contributed by atoms with van der Waals surface area (Å²) in [6.07, 6.45) is 3.64. The van der Waals surface area contributed by atoms with Crippen molar-refractivity contribution in [2.45, 2.75) is 58.5 Å². The van der Waals surface area contributed by atoms with Gasteiger partial charge in [0.25, 0.3) is 0 Å². The summed E-state index contributed by atoms with van der Waals surface area (Å²) in [6, 6.07) is 0.320. The summed E-state index contributed by atoms with van der Waals surface area (Å²) in [7, 11) is 0. The van der Waals surface area contributed by atoms with Gasteiger partial charge in [-0.05, 0) is 43.9 Å². The Balaban J connectivity index is 2.67. The van der Waals surface area contributed by atoms with Crippen molar-refractivity contribution >= 4 is 0 Å². The van der Waals surface area contributed by atoms with E-state index in [0.717, 1.165) is 24.7 Å². The average molecular weight is 242 g/mol. The van der Waals surface area contributed by atoms with Crippen molar-refractivity contribution in [1.82, 2.24) is 5.32 Å². The summed E-state index contributed by atoms with van der Waals surface area (Å²) in [4.78, 5) is 0. The molecule has 0 spiro atoms. The maximum Gasteiger partial charge on any atom is 0.0471 e. The molecule has 1 saturated carbocycles. The molecule has 0 aromatic carbocycles. The third-order valence-electron chi connectivity index (χ3n) is 4.35. The standard InChI is InChI=1S/C14H30N2O/c1-10-5-11(2)7-14(6-10,9-15)16-13(4)12(3)8-17/h10-13,16-17H,5-9,15H2,1-4H3. The van der Waals surface area contributed by atoms with Gasteiger partial charge in [0.05, 0.1) is 0 Å². The molecule has 3 heteroatoms. The molecule has 0 heterocycles. The highest BCUT2D eigenvalue weighted by atomic mass is 16.3. The van der Waals surface area contributed by atoms with Crippen molar-refractivity contribution in [3.8, 4) is 0 Å². The lowest BCUT2D eigenvalue weighted by atomic mass is 9.71. The highest BCUT2D eigenvalue weighted by Crippen LogP contribution is 2.36. The molecule has 0 bridgehead atoms. The molecule has 0 saturated heterocycles. The third-order valence-corrected chi connectivity index (χ3v) is 4.35. The summed E-state index contributed by atoms with van der Waals surface area (Å²) in [6.45, 7) is 9.81.